The first-order valence-electron chi connectivity index (χ1n) is 11.1. The van der Waals surface area contributed by atoms with Crippen LogP contribution in [0.1, 0.15) is 36.5 Å². The highest BCUT2D eigenvalue weighted by Gasteiger charge is 2.37. The van der Waals surface area contributed by atoms with Crippen LogP contribution in [0.5, 0.6) is 0 Å². The van der Waals surface area contributed by atoms with E-state index in [0.717, 1.165) is 24.1 Å². The maximum absolute atomic E-state index is 13.0. The zero-order chi connectivity index (χ0) is 22.0. The summed E-state index contributed by atoms with van der Waals surface area (Å²) in [4.78, 5) is 17.1. The van der Waals surface area contributed by atoms with Gasteiger partial charge in [-0.2, -0.15) is 4.31 Å². The molecule has 166 valence electrons. The minimum atomic E-state index is -3.48. The van der Waals surface area contributed by atoms with E-state index in [2.05, 4.69) is 38.1 Å². The standard InChI is InChI=1S/C24H31N3O3S/c1-3-20-8-10-23(11-9-20)31(29,30)26-14-12-22(13-15-26)27-17-16-25(24(27)28)18-21-6-4-19(2)5-7-21/h4-11,22H,3,12-18H2,1-2H3. The molecule has 7 heteroatoms. The molecular formula is C24H31N3O3S. The van der Waals surface area contributed by atoms with E-state index in [1.165, 1.54) is 5.56 Å². The molecule has 0 spiro atoms. The summed E-state index contributed by atoms with van der Waals surface area (Å²) in [5.41, 5.74) is 3.47. The molecule has 0 N–H and O–H groups in total. The molecule has 2 aliphatic heterocycles. The topological polar surface area (TPSA) is 60.9 Å². The molecule has 0 saturated carbocycles. The van der Waals surface area contributed by atoms with Crippen LogP contribution in [0.4, 0.5) is 4.79 Å². The Kier molecular flexibility index (Phi) is 6.34. The predicted molar refractivity (Wildman–Crippen MR) is 121 cm³/mol. The van der Waals surface area contributed by atoms with Gasteiger partial charge < -0.3 is 9.80 Å². The van der Waals surface area contributed by atoms with Crippen molar-refractivity contribution in [2.45, 2.75) is 50.6 Å². The zero-order valence-electron chi connectivity index (χ0n) is 18.3. The summed E-state index contributed by atoms with van der Waals surface area (Å²) >= 11 is 0. The second-order valence-corrected chi connectivity index (χ2v) is 10.5. The molecule has 6 nitrogen and oxygen atoms in total. The fourth-order valence-electron chi connectivity index (χ4n) is 4.44. The van der Waals surface area contributed by atoms with Gasteiger partial charge in [0.15, 0.2) is 0 Å². The lowest BCUT2D eigenvalue weighted by atomic mass is 10.1. The van der Waals surface area contributed by atoms with Crippen molar-refractivity contribution in [1.82, 2.24) is 14.1 Å². The van der Waals surface area contributed by atoms with E-state index in [0.29, 0.717) is 43.9 Å². The van der Waals surface area contributed by atoms with Crippen molar-refractivity contribution in [2.24, 2.45) is 0 Å². The van der Waals surface area contributed by atoms with Crippen LogP contribution in [0.2, 0.25) is 0 Å². The number of nitrogens with zero attached hydrogens (tertiary/aromatic N) is 3. The molecule has 2 heterocycles. The number of hydrogen-bond acceptors (Lipinski definition) is 3. The molecule has 2 saturated heterocycles. The fraction of sp³-hybridized carbons (Fsp3) is 0.458. The van der Waals surface area contributed by atoms with Crippen LogP contribution in [0.25, 0.3) is 0 Å². The van der Waals surface area contributed by atoms with Crippen LogP contribution in [-0.4, -0.2) is 60.8 Å². The minimum Gasteiger partial charge on any atom is -0.320 e. The van der Waals surface area contributed by atoms with Gasteiger partial charge in [-0.25, -0.2) is 13.2 Å². The van der Waals surface area contributed by atoms with Gasteiger partial charge in [0.1, 0.15) is 0 Å². The number of carbonyl (C=O) groups is 1. The lowest BCUT2D eigenvalue weighted by molar-refractivity contribution is 0.153. The van der Waals surface area contributed by atoms with Gasteiger partial charge in [0.05, 0.1) is 4.90 Å². The summed E-state index contributed by atoms with van der Waals surface area (Å²) in [6, 6.07) is 15.6. The third-order valence-electron chi connectivity index (χ3n) is 6.45. The van der Waals surface area contributed by atoms with Crippen LogP contribution in [-0.2, 0) is 23.0 Å². The summed E-state index contributed by atoms with van der Waals surface area (Å²) in [6.45, 7) is 7.05. The molecule has 0 aromatic heterocycles. The first-order valence-corrected chi connectivity index (χ1v) is 12.5. The molecule has 2 aliphatic rings. The summed E-state index contributed by atoms with van der Waals surface area (Å²) in [6.07, 6.45) is 2.24. The number of urea groups is 1. The SMILES string of the molecule is CCc1ccc(S(=O)(=O)N2CCC(N3CCN(Cc4ccc(C)cc4)C3=O)CC2)cc1. The highest BCUT2D eigenvalue weighted by Crippen LogP contribution is 2.26. The van der Waals surface area contributed by atoms with Crippen LogP contribution in [0.3, 0.4) is 0 Å². The van der Waals surface area contributed by atoms with Gasteiger partial charge in [-0.1, -0.05) is 48.9 Å². The van der Waals surface area contributed by atoms with Crippen molar-refractivity contribution in [3.63, 3.8) is 0 Å². The Bertz CT molecular complexity index is 1010. The number of rotatable bonds is 6. The summed E-state index contributed by atoms with van der Waals surface area (Å²) < 4.78 is 27.6. The van der Waals surface area contributed by atoms with Crippen LogP contribution >= 0.6 is 0 Å². The van der Waals surface area contributed by atoms with E-state index in [1.807, 2.05) is 21.9 Å². The van der Waals surface area contributed by atoms with E-state index in [9.17, 15) is 13.2 Å². The first-order chi connectivity index (χ1) is 14.9. The van der Waals surface area contributed by atoms with Crippen molar-refractivity contribution in [1.29, 1.82) is 0 Å². The highest BCUT2D eigenvalue weighted by atomic mass is 32.2. The van der Waals surface area contributed by atoms with Gasteiger partial charge in [-0.15, -0.1) is 0 Å². The highest BCUT2D eigenvalue weighted by molar-refractivity contribution is 7.89. The maximum atomic E-state index is 13.0. The van der Waals surface area contributed by atoms with Crippen molar-refractivity contribution in [3.8, 4) is 0 Å². The van der Waals surface area contributed by atoms with Gasteiger partial charge in [0, 0.05) is 38.8 Å². The van der Waals surface area contributed by atoms with Crippen molar-refractivity contribution in [3.05, 3.63) is 65.2 Å². The third-order valence-corrected chi connectivity index (χ3v) is 8.37. The van der Waals surface area contributed by atoms with Gasteiger partial charge >= 0.3 is 6.03 Å². The molecule has 0 aliphatic carbocycles. The molecular weight excluding hydrogens is 410 g/mol. The van der Waals surface area contributed by atoms with Gasteiger partial charge in [0.25, 0.3) is 0 Å². The normalized spacial score (nSPS) is 18.7. The third kappa shape index (κ3) is 4.62. The summed E-state index contributed by atoms with van der Waals surface area (Å²) in [5, 5.41) is 0. The average Bonchev–Trinajstić information content (AvgIpc) is 3.15. The number of carbonyl (C=O) groups excluding carboxylic acids is 1. The summed E-state index contributed by atoms with van der Waals surface area (Å²) in [5.74, 6) is 0. The van der Waals surface area contributed by atoms with E-state index in [1.54, 1.807) is 16.4 Å². The molecule has 4 rings (SSSR count). The second kappa shape index (κ2) is 9.01. The van der Waals surface area contributed by atoms with E-state index >= 15 is 0 Å². The molecule has 2 aromatic carbocycles. The van der Waals surface area contributed by atoms with Gasteiger partial charge in [-0.05, 0) is 49.4 Å². The number of benzene rings is 2. The van der Waals surface area contributed by atoms with Crippen molar-refractivity contribution >= 4 is 16.1 Å². The smallest absolute Gasteiger partial charge is 0.320 e. The molecule has 31 heavy (non-hydrogen) atoms. The maximum Gasteiger partial charge on any atom is 0.320 e. The lowest BCUT2D eigenvalue weighted by Gasteiger charge is -2.35. The number of amides is 2. The molecule has 2 fully saturated rings. The predicted octanol–water partition coefficient (Wildman–Crippen LogP) is 3.65. The molecule has 0 bridgehead atoms. The zero-order valence-corrected chi connectivity index (χ0v) is 19.1. The summed E-state index contributed by atoms with van der Waals surface area (Å²) in [7, 11) is -3.48. The quantitative estimate of drug-likeness (QED) is 0.688. The van der Waals surface area contributed by atoms with Crippen LogP contribution in [0, 0.1) is 6.92 Å². The molecule has 0 radical (unpaired) electrons. The van der Waals surface area contributed by atoms with Crippen LogP contribution < -0.4 is 0 Å². The Labute approximate surface area is 185 Å². The minimum absolute atomic E-state index is 0.0667. The number of aryl methyl sites for hydroxylation is 2. The van der Waals surface area contributed by atoms with E-state index in [4.69, 9.17) is 0 Å². The molecule has 0 atom stereocenters. The van der Waals surface area contributed by atoms with E-state index in [-0.39, 0.29) is 12.1 Å². The van der Waals surface area contributed by atoms with E-state index < -0.39 is 10.0 Å². The van der Waals surface area contributed by atoms with Gasteiger partial charge in [-0.3, -0.25) is 0 Å². The number of piperidine rings is 1. The Hall–Kier alpha value is -2.38. The Balaban J connectivity index is 1.35. The Morgan fingerprint density at radius 3 is 2.10 bits per heavy atom. The Morgan fingerprint density at radius 1 is 0.871 bits per heavy atom. The fourth-order valence-corrected chi connectivity index (χ4v) is 5.91. The number of hydrogen-bond donors (Lipinski definition) is 0. The van der Waals surface area contributed by atoms with Crippen molar-refractivity contribution < 1.29 is 13.2 Å². The van der Waals surface area contributed by atoms with Gasteiger partial charge in [0.2, 0.25) is 10.0 Å². The molecule has 2 aromatic rings. The largest absolute Gasteiger partial charge is 0.320 e. The Morgan fingerprint density at radius 2 is 1.48 bits per heavy atom. The average molecular weight is 442 g/mol. The molecule has 0 unspecified atom stereocenters. The number of sulfonamides is 1. The monoisotopic (exact) mass is 441 g/mol. The molecule has 2 amide bonds. The lowest BCUT2D eigenvalue weighted by Crippen LogP contribution is -2.47. The second-order valence-electron chi connectivity index (χ2n) is 8.52. The first kappa shape index (κ1) is 21.8. The van der Waals surface area contributed by atoms with Crippen LogP contribution in [0.15, 0.2) is 53.4 Å². The van der Waals surface area contributed by atoms with Crippen molar-refractivity contribution in [2.75, 3.05) is 26.2 Å².